The summed E-state index contributed by atoms with van der Waals surface area (Å²) in [5.74, 6) is 1.25. The van der Waals surface area contributed by atoms with Crippen molar-refractivity contribution in [3.05, 3.63) is 89.3 Å². The summed E-state index contributed by atoms with van der Waals surface area (Å²) in [7, 11) is 0. The fraction of sp³-hybridized carbons (Fsp3) is 0.182. The highest BCUT2D eigenvalue weighted by molar-refractivity contribution is 5.53. The van der Waals surface area contributed by atoms with E-state index in [0.717, 1.165) is 60.0 Å². The van der Waals surface area contributed by atoms with Crippen LogP contribution >= 0.6 is 0 Å². The Balaban J connectivity index is 1.85. The summed E-state index contributed by atoms with van der Waals surface area (Å²) >= 11 is 0. The number of hydrazone groups is 1. The summed E-state index contributed by atoms with van der Waals surface area (Å²) in [6.07, 6.45) is 1.37. The average molecular weight is 483 g/mol. The van der Waals surface area contributed by atoms with Gasteiger partial charge in [-0.25, -0.2) is 23.4 Å². The van der Waals surface area contributed by atoms with Crippen LogP contribution in [-0.4, -0.2) is 22.9 Å². The predicted molar refractivity (Wildman–Crippen MR) is 112 cm³/mol. The molecular formula is C22H19F6N5O. The maximum atomic E-state index is 15.4. The molecule has 0 aliphatic rings. The molecule has 2 aromatic carbocycles. The lowest BCUT2D eigenvalue weighted by Gasteiger charge is -2.29. The zero-order chi connectivity index (χ0) is 24.9. The molecule has 1 aromatic heterocycles. The molecule has 1 unspecified atom stereocenters. The number of pyridine rings is 1. The molecule has 6 nitrogen and oxygen atoms in total. The van der Waals surface area contributed by atoms with Gasteiger partial charge in [0.2, 0.25) is 0 Å². The van der Waals surface area contributed by atoms with E-state index in [-0.39, 0.29) is 17.1 Å². The Labute approximate surface area is 190 Å². The largest absolute Gasteiger partial charge is 0.456 e. The van der Waals surface area contributed by atoms with E-state index in [4.69, 9.17) is 16.4 Å². The van der Waals surface area contributed by atoms with Crippen molar-refractivity contribution in [1.29, 1.82) is 0 Å². The summed E-state index contributed by atoms with van der Waals surface area (Å²) in [6, 6.07) is 7.55. The Kier molecular flexibility index (Phi) is 7.61. The first-order chi connectivity index (χ1) is 16.1. The van der Waals surface area contributed by atoms with Gasteiger partial charge in [0, 0.05) is 18.7 Å². The van der Waals surface area contributed by atoms with Crippen molar-refractivity contribution in [2.24, 2.45) is 22.7 Å². The van der Waals surface area contributed by atoms with Crippen LogP contribution in [0.25, 0.3) is 0 Å². The Hall–Kier alpha value is -3.80. The number of hydrogen-bond acceptors (Lipinski definition) is 5. The number of nitrogens with zero attached hydrogens (tertiary/aromatic N) is 3. The van der Waals surface area contributed by atoms with E-state index in [1.807, 2.05) is 0 Å². The quantitative estimate of drug-likeness (QED) is 0.154. The number of halogens is 6. The van der Waals surface area contributed by atoms with Gasteiger partial charge >= 0.3 is 0 Å². The zero-order valence-corrected chi connectivity index (χ0v) is 17.4. The molecular weight excluding hydrogens is 464 g/mol. The van der Waals surface area contributed by atoms with Gasteiger partial charge in [0.15, 0.2) is 11.6 Å². The van der Waals surface area contributed by atoms with E-state index in [2.05, 4.69) is 10.1 Å². The summed E-state index contributed by atoms with van der Waals surface area (Å²) in [5, 5.41) is 3.97. The van der Waals surface area contributed by atoms with Gasteiger partial charge in [0.05, 0.1) is 12.1 Å². The summed E-state index contributed by atoms with van der Waals surface area (Å²) in [6.45, 7) is -0.501. The number of aromatic nitrogens is 1. The second-order valence-electron chi connectivity index (χ2n) is 7.28. The highest BCUT2D eigenvalue weighted by Gasteiger charge is 2.43. The lowest BCUT2D eigenvalue weighted by atomic mass is 9.90. The predicted octanol–water partition coefficient (Wildman–Crippen LogP) is 4.46. The van der Waals surface area contributed by atoms with Crippen LogP contribution in [0.15, 0.2) is 59.8 Å². The molecule has 1 heterocycles. The van der Waals surface area contributed by atoms with E-state index in [1.165, 1.54) is 0 Å². The van der Waals surface area contributed by atoms with Crippen LogP contribution in [0, 0.1) is 29.2 Å². The molecule has 0 saturated heterocycles. The van der Waals surface area contributed by atoms with Crippen molar-refractivity contribution in [3.63, 3.8) is 0 Å². The Morgan fingerprint density at radius 3 is 2.32 bits per heavy atom. The third kappa shape index (κ3) is 5.95. The molecule has 0 fully saturated rings. The fourth-order valence-corrected chi connectivity index (χ4v) is 3.17. The zero-order valence-electron chi connectivity index (χ0n) is 17.4. The second kappa shape index (κ2) is 10.4. The van der Waals surface area contributed by atoms with E-state index in [1.54, 1.807) is 0 Å². The first-order valence-electron chi connectivity index (χ1n) is 9.76. The first kappa shape index (κ1) is 24.8. The molecule has 3 aromatic rings. The number of hydrazine groups is 1. The standard InChI is InChI=1S/C22H19F6N5O/c23-15-2-1-13(19(25)8-15)7-14(11-33(30)12-32-29)22(27,28)21-6-4-17(10-31-21)34-16-3-5-18(24)20(26)9-16/h1-6,8-10,12,14H,7,11,29-30H2/b32-12-. The molecule has 0 radical (unpaired) electrons. The molecule has 12 heteroatoms. The van der Waals surface area contributed by atoms with Crippen molar-refractivity contribution in [3.8, 4) is 11.5 Å². The molecule has 1 atom stereocenters. The van der Waals surface area contributed by atoms with E-state index in [9.17, 15) is 17.6 Å². The number of benzene rings is 2. The monoisotopic (exact) mass is 483 g/mol. The minimum atomic E-state index is -3.64. The number of rotatable bonds is 9. The molecule has 0 aliphatic heterocycles. The fourth-order valence-electron chi connectivity index (χ4n) is 3.17. The molecule has 4 N–H and O–H groups in total. The van der Waals surface area contributed by atoms with Crippen molar-refractivity contribution < 1.29 is 31.1 Å². The third-order valence-electron chi connectivity index (χ3n) is 4.84. The lowest BCUT2D eigenvalue weighted by molar-refractivity contribution is -0.0746. The average Bonchev–Trinajstić information content (AvgIpc) is 2.78. The lowest BCUT2D eigenvalue weighted by Crippen LogP contribution is -2.42. The van der Waals surface area contributed by atoms with Crippen LogP contribution in [0.4, 0.5) is 26.3 Å². The Morgan fingerprint density at radius 1 is 0.971 bits per heavy atom. The SMILES string of the molecule is N/N=C\N(N)CC(Cc1ccc(F)cc1F)C(F)(F)c1ccc(Oc2ccc(F)c(F)c2)cn1. The highest BCUT2D eigenvalue weighted by atomic mass is 19.3. The smallest absolute Gasteiger partial charge is 0.294 e. The molecule has 0 amide bonds. The maximum Gasteiger partial charge on any atom is 0.294 e. The number of alkyl halides is 2. The maximum absolute atomic E-state index is 15.4. The van der Waals surface area contributed by atoms with Gasteiger partial charge in [0.25, 0.3) is 5.92 Å². The van der Waals surface area contributed by atoms with Gasteiger partial charge in [-0.05, 0) is 42.3 Å². The topological polar surface area (TPSA) is 89.8 Å². The highest BCUT2D eigenvalue weighted by Crippen LogP contribution is 2.38. The number of nitrogens with two attached hydrogens (primary N) is 2. The summed E-state index contributed by atoms with van der Waals surface area (Å²) in [5.41, 5.74) is -0.835. The Bertz CT molecular complexity index is 1160. The molecule has 0 bridgehead atoms. The van der Waals surface area contributed by atoms with Crippen LogP contribution < -0.4 is 16.4 Å². The normalized spacial score (nSPS) is 12.7. The molecule has 0 aliphatic carbocycles. The third-order valence-corrected chi connectivity index (χ3v) is 4.84. The van der Waals surface area contributed by atoms with Gasteiger partial charge in [-0.2, -0.15) is 13.9 Å². The molecule has 180 valence electrons. The van der Waals surface area contributed by atoms with E-state index < -0.39 is 53.8 Å². The van der Waals surface area contributed by atoms with Crippen LogP contribution in [0.2, 0.25) is 0 Å². The van der Waals surface area contributed by atoms with Gasteiger partial charge in [0.1, 0.15) is 35.2 Å². The van der Waals surface area contributed by atoms with Gasteiger partial charge < -0.3 is 10.6 Å². The van der Waals surface area contributed by atoms with Gasteiger partial charge in [-0.3, -0.25) is 9.99 Å². The second-order valence-corrected chi connectivity index (χ2v) is 7.28. The van der Waals surface area contributed by atoms with Gasteiger partial charge in [-0.1, -0.05) is 6.07 Å². The summed E-state index contributed by atoms with van der Waals surface area (Å²) < 4.78 is 89.9. The van der Waals surface area contributed by atoms with Crippen molar-refractivity contribution in [2.75, 3.05) is 6.54 Å². The minimum Gasteiger partial charge on any atom is -0.456 e. The number of hydrogen-bond donors (Lipinski definition) is 2. The first-order valence-corrected chi connectivity index (χ1v) is 9.76. The molecule has 0 saturated carbocycles. The van der Waals surface area contributed by atoms with E-state index >= 15 is 8.78 Å². The van der Waals surface area contributed by atoms with Crippen LogP contribution in [0.1, 0.15) is 11.3 Å². The molecule has 3 rings (SSSR count). The van der Waals surface area contributed by atoms with E-state index in [0.29, 0.717) is 6.07 Å². The molecule has 34 heavy (non-hydrogen) atoms. The number of ether oxygens (including phenoxy) is 1. The minimum absolute atomic E-state index is 0.0117. The summed E-state index contributed by atoms with van der Waals surface area (Å²) in [4.78, 5) is 3.72. The molecule has 0 spiro atoms. The van der Waals surface area contributed by atoms with Gasteiger partial charge in [-0.15, -0.1) is 0 Å². The van der Waals surface area contributed by atoms with Crippen molar-refractivity contribution in [1.82, 2.24) is 9.99 Å². The van der Waals surface area contributed by atoms with Crippen molar-refractivity contribution >= 4 is 6.34 Å². The Morgan fingerprint density at radius 2 is 1.71 bits per heavy atom. The van der Waals surface area contributed by atoms with Crippen LogP contribution in [0.3, 0.4) is 0 Å². The van der Waals surface area contributed by atoms with Crippen LogP contribution in [0.5, 0.6) is 11.5 Å². The van der Waals surface area contributed by atoms with Crippen molar-refractivity contribution in [2.45, 2.75) is 12.3 Å². The van der Waals surface area contributed by atoms with Crippen LogP contribution in [-0.2, 0) is 12.3 Å².